The Morgan fingerprint density at radius 2 is 2.05 bits per heavy atom. The van der Waals surface area contributed by atoms with Gasteiger partial charge in [0, 0.05) is 18.1 Å². The van der Waals surface area contributed by atoms with Crippen molar-refractivity contribution in [3.05, 3.63) is 39.8 Å². The highest BCUT2D eigenvalue weighted by Crippen LogP contribution is 2.28. The zero-order chi connectivity index (χ0) is 14.0. The molecule has 0 aliphatic rings. The van der Waals surface area contributed by atoms with Gasteiger partial charge in [0.05, 0.1) is 6.54 Å². The lowest BCUT2D eigenvalue weighted by molar-refractivity contribution is -0.141. The zero-order valence-electron chi connectivity index (χ0n) is 10.4. The van der Waals surface area contributed by atoms with Crippen molar-refractivity contribution >= 4 is 17.3 Å². The third kappa shape index (κ3) is 3.23. The predicted octanol–water partition coefficient (Wildman–Crippen LogP) is 3.50. The average molecular weight is 287 g/mol. The molecular formula is C12H12F3N3S. The minimum absolute atomic E-state index is 0.0719. The quantitative estimate of drug-likeness (QED) is 0.865. The topological polar surface area (TPSA) is 29.0 Å². The van der Waals surface area contributed by atoms with Gasteiger partial charge in [-0.05, 0) is 30.0 Å². The van der Waals surface area contributed by atoms with Gasteiger partial charge in [0.15, 0.2) is 0 Å². The van der Waals surface area contributed by atoms with Crippen LogP contribution in [0.1, 0.15) is 16.1 Å². The van der Waals surface area contributed by atoms with E-state index in [1.165, 1.54) is 0 Å². The van der Waals surface area contributed by atoms with Gasteiger partial charge in [-0.1, -0.05) is 0 Å². The second-order valence-corrected chi connectivity index (χ2v) is 5.12. The number of nitrogens with zero attached hydrogens (tertiary/aromatic N) is 3. The third-order valence-corrected chi connectivity index (χ3v) is 3.63. The van der Waals surface area contributed by atoms with Crippen LogP contribution >= 0.6 is 11.3 Å². The number of aromatic nitrogens is 2. The van der Waals surface area contributed by atoms with Crippen molar-refractivity contribution in [1.29, 1.82) is 0 Å². The molecule has 0 aliphatic carbocycles. The molecule has 3 nitrogen and oxygen atoms in total. The van der Waals surface area contributed by atoms with E-state index in [1.54, 1.807) is 23.3 Å². The number of anilines is 1. The van der Waals surface area contributed by atoms with E-state index in [9.17, 15) is 13.2 Å². The normalized spacial score (nSPS) is 11.6. The first-order chi connectivity index (χ1) is 8.88. The van der Waals surface area contributed by atoms with Gasteiger partial charge in [0.25, 0.3) is 0 Å². The Balaban J connectivity index is 2.20. The smallest absolute Gasteiger partial charge is 0.339 e. The molecule has 0 spiro atoms. The highest BCUT2D eigenvalue weighted by molar-refractivity contribution is 7.10. The fourth-order valence-electron chi connectivity index (χ4n) is 1.54. The van der Waals surface area contributed by atoms with Gasteiger partial charge in [-0.25, -0.2) is 9.97 Å². The standard InChI is InChI=1S/C12H12F3N3S/c1-8-4-6-19-9(8)7-18(2)11-16-5-3-10(17-11)12(13,14)15/h3-6H,7H2,1-2H3. The molecule has 102 valence electrons. The first-order valence-corrected chi connectivity index (χ1v) is 6.40. The Bertz CT molecular complexity index is 565. The van der Waals surface area contributed by atoms with Crippen LogP contribution in [0.2, 0.25) is 0 Å². The number of hydrogen-bond acceptors (Lipinski definition) is 4. The Hall–Kier alpha value is -1.63. The third-order valence-electron chi connectivity index (χ3n) is 2.62. The van der Waals surface area contributed by atoms with Gasteiger partial charge in [-0.2, -0.15) is 13.2 Å². The molecule has 0 saturated heterocycles. The molecule has 2 aromatic heterocycles. The van der Waals surface area contributed by atoms with E-state index in [4.69, 9.17) is 0 Å². The number of alkyl halides is 3. The maximum absolute atomic E-state index is 12.6. The van der Waals surface area contributed by atoms with Crippen LogP contribution in [0.4, 0.5) is 19.1 Å². The van der Waals surface area contributed by atoms with Gasteiger partial charge < -0.3 is 4.90 Å². The lowest BCUT2D eigenvalue weighted by Crippen LogP contribution is -2.20. The lowest BCUT2D eigenvalue weighted by atomic mass is 10.3. The van der Waals surface area contributed by atoms with Crippen molar-refractivity contribution in [2.45, 2.75) is 19.6 Å². The van der Waals surface area contributed by atoms with Crippen molar-refractivity contribution < 1.29 is 13.2 Å². The lowest BCUT2D eigenvalue weighted by Gasteiger charge is -2.17. The van der Waals surface area contributed by atoms with Crippen molar-refractivity contribution in [3.63, 3.8) is 0 Å². The summed E-state index contributed by atoms with van der Waals surface area (Å²) in [6.07, 6.45) is -3.32. The highest BCUT2D eigenvalue weighted by Gasteiger charge is 2.33. The van der Waals surface area contributed by atoms with Crippen LogP contribution in [0.5, 0.6) is 0 Å². The van der Waals surface area contributed by atoms with Crippen LogP contribution in [0, 0.1) is 6.92 Å². The van der Waals surface area contributed by atoms with Crippen LogP contribution in [0.3, 0.4) is 0 Å². The molecule has 0 fully saturated rings. The summed E-state index contributed by atoms with van der Waals surface area (Å²) in [5.74, 6) is 0.0719. The second kappa shape index (κ2) is 5.16. The maximum atomic E-state index is 12.6. The molecule has 0 radical (unpaired) electrons. The first kappa shape index (κ1) is 13.8. The summed E-state index contributed by atoms with van der Waals surface area (Å²) in [4.78, 5) is 10.1. The number of thiophene rings is 1. The molecule has 0 N–H and O–H groups in total. The molecule has 0 amide bonds. The predicted molar refractivity (Wildman–Crippen MR) is 68.2 cm³/mol. The molecular weight excluding hydrogens is 275 g/mol. The number of aryl methyl sites for hydroxylation is 1. The summed E-state index contributed by atoms with van der Waals surface area (Å²) in [5, 5.41) is 1.95. The molecule has 0 bridgehead atoms. The molecule has 0 aromatic carbocycles. The van der Waals surface area contributed by atoms with Crippen LogP contribution in [0.25, 0.3) is 0 Å². The van der Waals surface area contributed by atoms with E-state index in [0.29, 0.717) is 6.54 Å². The number of hydrogen-bond donors (Lipinski definition) is 0. The highest BCUT2D eigenvalue weighted by atomic mass is 32.1. The minimum Gasteiger partial charge on any atom is -0.339 e. The minimum atomic E-state index is -4.45. The summed E-state index contributed by atoms with van der Waals surface area (Å²) in [6.45, 7) is 2.46. The molecule has 0 unspecified atom stereocenters. The van der Waals surface area contributed by atoms with Gasteiger partial charge in [-0.15, -0.1) is 11.3 Å². The molecule has 0 atom stereocenters. The van der Waals surface area contributed by atoms with Gasteiger partial charge in [0.1, 0.15) is 5.69 Å². The van der Waals surface area contributed by atoms with E-state index in [1.807, 2.05) is 18.4 Å². The number of rotatable bonds is 3. The SMILES string of the molecule is Cc1ccsc1CN(C)c1nccc(C(F)(F)F)n1. The van der Waals surface area contributed by atoms with Crippen LogP contribution in [0.15, 0.2) is 23.7 Å². The Morgan fingerprint density at radius 3 is 2.63 bits per heavy atom. The van der Waals surface area contributed by atoms with Crippen molar-refractivity contribution in [2.75, 3.05) is 11.9 Å². The van der Waals surface area contributed by atoms with E-state index >= 15 is 0 Å². The molecule has 0 saturated carbocycles. The summed E-state index contributed by atoms with van der Waals surface area (Å²) in [7, 11) is 1.68. The van der Waals surface area contributed by atoms with Crippen LogP contribution < -0.4 is 4.90 Å². The van der Waals surface area contributed by atoms with Gasteiger partial charge in [0.2, 0.25) is 5.95 Å². The van der Waals surface area contributed by atoms with Crippen molar-refractivity contribution in [3.8, 4) is 0 Å². The zero-order valence-corrected chi connectivity index (χ0v) is 11.2. The summed E-state index contributed by atoms with van der Waals surface area (Å²) >= 11 is 1.56. The molecule has 19 heavy (non-hydrogen) atoms. The maximum Gasteiger partial charge on any atom is 0.433 e. The van der Waals surface area contributed by atoms with Crippen molar-refractivity contribution in [2.24, 2.45) is 0 Å². The first-order valence-electron chi connectivity index (χ1n) is 5.52. The fraction of sp³-hybridized carbons (Fsp3) is 0.333. The summed E-state index contributed by atoms with van der Waals surface area (Å²) in [5.41, 5.74) is 0.191. The molecule has 2 heterocycles. The van der Waals surface area contributed by atoms with Crippen molar-refractivity contribution in [1.82, 2.24) is 9.97 Å². The molecule has 0 aliphatic heterocycles. The fourth-order valence-corrected chi connectivity index (χ4v) is 2.50. The summed E-state index contributed by atoms with van der Waals surface area (Å²) in [6, 6.07) is 2.84. The van der Waals surface area contributed by atoms with Gasteiger partial charge >= 0.3 is 6.18 Å². The monoisotopic (exact) mass is 287 g/mol. The van der Waals surface area contributed by atoms with E-state index in [-0.39, 0.29) is 5.95 Å². The Kier molecular flexibility index (Phi) is 3.75. The largest absolute Gasteiger partial charge is 0.433 e. The van der Waals surface area contributed by atoms with Crippen LogP contribution in [-0.4, -0.2) is 17.0 Å². The van der Waals surface area contributed by atoms with E-state index in [2.05, 4.69) is 9.97 Å². The molecule has 2 aromatic rings. The van der Waals surface area contributed by atoms with Gasteiger partial charge in [-0.3, -0.25) is 0 Å². The van der Waals surface area contributed by atoms with E-state index < -0.39 is 11.9 Å². The van der Waals surface area contributed by atoms with E-state index in [0.717, 1.165) is 22.7 Å². The van der Waals surface area contributed by atoms with Crippen LogP contribution in [-0.2, 0) is 12.7 Å². The Labute approximate surface area is 112 Å². The Morgan fingerprint density at radius 1 is 1.32 bits per heavy atom. The molecule has 7 heteroatoms. The second-order valence-electron chi connectivity index (χ2n) is 4.12. The average Bonchev–Trinajstić information content (AvgIpc) is 2.74. The summed E-state index contributed by atoms with van der Waals surface area (Å²) < 4.78 is 37.7. The molecule has 2 rings (SSSR count). The number of halogens is 3.